The number of nitrogens with zero attached hydrogens (tertiary/aromatic N) is 2. The molecule has 2 rings (SSSR count). The summed E-state index contributed by atoms with van der Waals surface area (Å²) in [6, 6.07) is 8.38. The fourth-order valence-corrected chi connectivity index (χ4v) is 3.08. The van der Waals surface area contributed by atoms with Crippen LogP contribution in [0.3, 0.4) is 0 Å². The quantitative estimate of drug-likeness (QED) is 0.464. The van der Waals surface area contributed by atoms with Crippen molar-refractivity contribution in [3.05, 3.63) is 51.5 Å². The maximum absolute atomic E-state index is 4.67. The summed E-state index contributed by atoms with van der Waals surface area (Å²) in [4.78, 5) is 9.17. The highest BCUT2D eigenvalue weighted by Gasteiger charge is 2.01. The van der Waals surface area contributed by atoms with E-state index in [9.17, 15) is 0 Å². The molecule has 1 heterocycles. The molecule has 124 valence electrons. The van der Waals surface area contributed by atoms with Crippen LogP contribution in [-0.2, 0) is 13.0 Å². The number of benzene rings is 1. The molecule has 0 aliphatic rings. The van der Waals surface area contributed by atoms with E-state index in [2.05, 4.69) is 64.1 Å². The zero-order chi connectivity index (χ0) is 16.5. The first-order chi connectivity index (χ1) is 11.2. The van der Waals surface area contributed by atoms with E-state index in [0.29, 0.717) is 6.54 Å². The van der Waals surface area contributed by atoms with Gasteiger partial charge < -0.3 is 10.6 Å². The smallest absolute Gasteiger partial charge is 0.191 e. The molecule has 2 N–H and O–H groups in total. The average molecular weight is 331 g/mol. The zero-order valence-electron chi connectivity index (χ0n) is 14.2. The van der Waals surface area contributed by atoms with Gasteiger partial charge in [-0.15, -0.1) is 11.3 Å². The summed E-state index contributed by atoms with van der Waals surface area (Å²) < 4.78 is 0. The van der Waals surface area contributed by atoms with Gasteiger partial charge in [0.1, 0.15) is 0 Å². The molecule has 0 atom stereocenters. The van der Waals surface area contributed by atoms with Crippen molar-refractivity contribution in [3.8, 4) is 0 Å². The first-order valence-electron chi connectivity index (χ1n) is 8.16. The minimum absolute atomic E-state index is 0.702. The lowest BCUT2D eigenvalue weighted by atomic mass is 10.1. The molecule has 0 amide bonds. The largest absolute Gasteiger partial charge is 0.357 e. The lowest BCUT2D eigenvalue weighted by Crippen LogP contribution is -2.37. The summed E-state index contributed by atoms with van der Waals surface area (Å²) in [5.74, 6) is 0.881. The molecule has 0 bridgehead atoms. The van der Waals surface area contributed by atoms with Crippen LogP contribution in [0.25, 0.3) is 0 Å². The molecule has 1 aromatic carbocycles. The molecule has 0 aliphatic carbocycles. The second-order valence-electron chi connectivity index (χ2n) is 5.53. The van der Waals surface area contributed by atoms with Crippen molar-refractivity contribution in [1.29, 1.82) is 0 Å². The highest BCUT2D eigenvalue weighted by molar-refractivity contribution is 7.09. The van der Waals surface area contributed by atoms with Gasteiger partial charge in [-0.2, -0.15) is 0 Å². The molecule has 0 saturated heterocycles. The standard InChI is InChI=1S/C18H26N4S/c1-4-19-18(21-12-16-9-6-5-8-14(16)2)20-11-7-10-17-22-15(3)13-23-17/h5-6,8-9,13H,4,7,10-12H2,1-3H3,(H2,19,20,21). The van der Waals surface area contributed by atoms with Crippen LogP contribution in [0, 0.1) is 13.8 Å². The number of hydrogen-bond acceptors (Lipinski definition) is 3. The second-order valence-corrected chi connectivity index (χ2v) is 6.48. The van der Waals surface area contributed by atoms with Gasteiger partial charge in [0.15, 0.2) is 5.96 Å². The van der Waals surface area contributed by atoms with Crippen molar-refractivity contribution in [2.24, 2.45) is 4.99 Å². The lowest BCUT2D eigenvalue weighted by molar-refractivity contribution is 0.740. The van der Waals surface area contributed by atoms with Crippen LogP contribution in [0.5, 0.6) is 0 Å². The Labute approximate surface area is 143 Å². The maximum Gasteiger partial charge on any atom is 0.191 e. The average Bonchev–Trinajstić information content (AvgIpc) is 2.96. The molecule has 0 fully saturated rings. The Hall–Kier alpha value is -1.88. The Kier molecular flexibility index (Phi) is 7.07. The van der Waals surface area contributed by atoms with Gasteiger partial charge in [0.2, 0.25) is 0 Å². The van der Waals surface area contributed by atoms with Crippen LogP contribution in [-0.4, -0.2) is 24.0 Å². The summed E-state index contributed by atoms with van der Waals surface area (Å²) in [7, 11) is 0. The second kappa shape index (κ2) is 9.30. The van der Waals surface area contributed by atoms with Gasteiger partial charge >= 0.3 is 0 Å². The van der Waals surface area contributed by atoms with Crippen LogP contribution in [0.4, 0.5) is 0 Å². The molecule has 1 aromatic heterocycles. The third kappa shape index (κ3) is 6.02. The first kappa shape index (κ1) is 17.5. The minimum Gasteiger partial charge on any atom is -0.357 e. The van der Waals surface area contributed by atoms with Crippen LogP contribution < -0.4 is 10.6 Å². The fourth-order valence-electron chi connectivity index (χ4n) is 2.26. The zero-order valence-corrected chi connectivity index (χ0v) is 15.0. The van der Waals surface area contributed by atoms with E-state index >= 15 is 0 Å². The van der Waals surface area contributed by atoms with E-state index in [-0.39, 0.29) is 0 Å². The Bertz CT molecular complexity index is 633. The summed E-state index contributed by atoms with van der Waals surface area (Å²) in [6.07, 6.45) is 2.07. The number of rotatable bonds is 7. The highest BCUT2D eigenvalue weighted by atomic mass is 32.1. The summed E-state index contributed by atoms with van der Waals surface area (Å²) in [5.41, 5.74) is 3.67. The molecule has 0 spiro atoms. The van der Waals surface area contributed by atoms with Crippen molar-refractivity contribution < 1.29 is 0 Å². The Balaban J connectivity index is 1.80. The third-order valence-corrected chi connectivity index (χ3v) is 4.57. The molecule has 0 aliphatic heterocycles. The van der Waals surface area contributed by atoms with E-state index in [0.717, 1.165) is 37.6 Å². The van der Waals surface area contributed by atoms with E-state index < -0.39 is 0 Å². The van der Waals surface area contributed by atoms with Crippen LogP contribution in [0.15, 0.2) is 34.6 Å². The molecule has 0 radical (unpaired) electrons. The summed E-state index contributed by atoms with van der Waals surface area (Å²) in [6.45, 7) is 8.72. The number of hydrogen-bond donors (Lipinski definition) is 2. The number of nitrogens with one attached hydrogen (secondary N) is 2. The van der Waals surface area contributed by atoms with E-state index in [1.54, 1.807) is 11.3 Å². The molecular weight excluding hydrogens is 304 g/mol. The van der Waals surface area contributed by atoms with Crippen molar-refractivity contribution in [3.63, 3.8) is 0 Å². The number of aromatic nitrogens is 1. The van der Waals surface area contributed by atoms with Gasteiger partial charge in [-0.25, -0.2) is 9.98 Å². The van der Waals surface area contributed by atoms with Crippen molar-refractivity contribution in [2.45, 2.75) is 40.2 Å². The van der Waals surface area contributed by atoms with E-state index in [1.165, 1.54) is 16.1 Å². The minimum atomic E-state index is 0.702. The molecule has 23 heavy (non-hydrogen) atoms. The molecule has 0 unspecified atom stereocenters. The van der Waals surface area contributed by atoms with Gasteiger partial charge in [-0.1, -0.05) is 24.3 Å². The van der Waals surface area contributed by atoms with Crippen molar-refractivity contribution >= 4 is 17.3 Å². The SMILES string of the molecule is CCNC(=NCc1ccccc1C)NCCCc1nc(C)cs1. The van der Waals surface area contributed by atoms with Crippen molar-refractivity contribution in [2.75, 3.05) is 13.1 Å². The number of thiazole rings is 1. The molecule has 0 saturated carbocycles. The Morgan fingerprint density at radius 3 is 2.74 bits per heavy atom. The van der Waals surface area contributed by atoms with Gasteiger partial charge in [0.05, 0.1) is 11.6 Å². The lowest BCUT2D eigenvalue weighted by Gasteiger charge is -2.11. The maximum atomic E-state index is 4.67. The van der Waals surface area contributed by atoms with Crippen LogP contribution in [0.2, 0.25) is 0 Å². The predicted octanol–water partition coefficient (Wildman–Crippen LogP) is 3.45. The molecule has 2 aromatic rings. The van der Waals surface area contributed by atoms with Gasteiger partial charge in [-0.05, 0) is 38.3 Å². The van der Waals surface area contributed by atoms with Gasteiger partial charge in [-0.3, -0.25) is 0 Å². The number of aliphatic imine (C=N–C) groups is 1. The van der Waals surface area contributed by atoms with Crippen molar-refractivity contribution in [1.82, 2.24) is 15.6 Å². The predicted molar refractivity (Wildman–Crippen MR) is 99.2 cm³/mol. The first-order valence-corrected chi connectivity index (χ1v) is 9.04. The molecular formula is C18H26N4S. The molecule has 4 nitrogen and oxygen atoms in total. The number of aryl methyl sites for hydroxylation is 3. The summed E-state index contributed by atoms with van der Waals surface area (Å²) >= 11 is 1.74. The normalized spacial score (nSPS) is 11.5. The molecule has 5 heteroatoms. The fraction of sp³-hybridized carbons (Fsp3) is 0.444. The number of guanidine groups is 1. The van der Waals surface area contributed by atoms with Gasteiger partial charge in [0, 0.05) is 30.6 Å². The van der Waals surface area contributed by atoms with E-state index in [1.807, 2.05) is 6.92 Å². The van der Waals surface area contributed by atoms with Gasteiger partial charge in [0.25, 0.3) is 0 Å². The Morgan fingerprint density at radius 1 is 1.22 bits per heavy atom. The Morgan fingerprint density at radius 2 is 2.04 bits per heavy atom. The van der Waals surface area contributed by atoms with E-state index in [4.69, 9.17) is 0 Å². The topological polar surface area (TPSA) is 49.3 Å². The third-order valence-electron chi connectivity index (χ3n) is 3.54. The van der Waals surface area contributed by atoms with Crippen LogP contribution >= 0.6 is 11.3 Å². The summed E-state index contributed by atoms with van der Waals surface area (Å²) in [5, 5.41) is 10.0. The highest BCUT2D eigenvalue weighted by Crippen LogP contribution is 2.10. The van der Waals surface area contributed by atoms with Crippen LogP contribution in [0.1, 0.15) is 35.2 Å². The monoisotopic (exact) mass is 330 g/mol.